The lowest BCUT2D eigenvalue weighted by Crippen LogP contribution is -2.32. The maximum absolute atomic E-state index is 12.6. The van der Waals surface area contributed by atoms with Crippen molar-refractivity contribution in [3.05, 3.63) is 89.5 Å². The lowest BCUT2D eigenvalue weighted by atomic mass is 10.1. The average molecular weight is 472 g/mol. The summed E-state index contributed by atoms with van der Waals surface area (Å²) in [6.45, 7) is 4.62. The van der Waals surface area contributed by atoms with Crippen LogP contribution in [0.5, 0.6) is 5.75 Å². The van der Waals surface area contributed by atoms with Crippen LogP contribution >= 0.6 is 0 Å². The normalized spacial score (nSPS) is 15.1. The van der Waals surface area contributed by atoms with Crippen molar-refractivity contribution in [2.24, 2.45) is 5.92 Å². The number of benzene rings is 3. The van der Waals surface area contributed by atoms with Gasteiger partial charge < -0.3 is 20.3 Å². The van der Waals surface area contributed by atoms with Crippen LogP contribution in [-0.2, 0) is 20.9 Å². The van der Waals surface area contributed by atoms with Gasteiger partial charge in [-0.15, -0.1) is 0 Å². The van der Waals surface area contributed by atoms with Gasteiger partial charge in [0.1, 0.15) is 5.75 Å². The first-order valence-electron chi connectivity index (χ1n) is 11.6. The number of hydrogen-bond donors (Lipinski definition) is 2. The van der Waals surface area contributed by atoms with Gasteiger partial charge in [0.25, 0.3) is 5.91 Å². The van der Waals surface area contributed by atoms with Crippen LogP contribution in [0.3, 0.4) is 0 Å². The minimum absolute atomic E-state index is 0.0910. The van der Waals surface area contributed by atoms with E-state index in [4.69, 9.17) is 4.74 Å². The molecule has 0 radical (unpaired) electrons. The SMILES string of the molecule is Cc1ccc(CNC(=O)[C@@H]2CC(=O)N(c3ccc(OCC(=O)Nc4cccc(C)c4)cc3)C2)cc1. The summed E-state index contributed by atoms with van der Waals surface area (Å²) in [6, 6.07) is 22.5. The fourth-order valence-electron chi connectivity index (χ4n) is 3.96. The zero-order chi connectivity index (χ0) is 24.8. The minimum atomic E-state index is -0.394. The molecule has 1 saturated heterocycles. The number of amides is 3. The van der Waals surface area contributed by atoms with Gasteiger partial charge >= 0.3 is 0 Å². The van der Waals surface area contributed by atoms with Gasteiger partial charge in [0.15, 0.2) is 6.61 Å². The Morgan fingerprint density at radius 2 is 1.71 bits per heavy atom. The van der Waals surface area contributed by atoms with Crippen molar-refractivity contribution in [3.8, 4) is 5.75 Å². The molecule has 3 aromatic rings. The third kappa shape index (κ3) is 6.47. The van der Waals surface area contributed by atoms with E-state index in [-0.39, 0.29) is 30.7 Å². The van der Waals surface area contributed by atoms with Crippen LogP contribution in [0.25, 0.3) is 0 Å². The molecule has 1 aliphatic heterocycles. The summed E-state index contributed by atoms with van der Waals surface area (Å²) in [7, 11) is 0. The van der Waals surface area contributed by atoms with E-state index >= 15 is 0 Å². The number of rotatable bonds is 8. The molecule has 1 atom stereocenters. The molecule has 7 heteroatoms. The Labute approximate surface area is 205 Å². The van der Waals surface area contributed by atoms with Crippen molar-refractivity contribution in [1.82, 2.24) is 5.32 Å². The predicted molar refractivity (Wildman–Crippen MR) is 135 cm³/mol. The quantitative estimate of drug-likeness (QED) is 0.520. The number of aryl methyl sites for hydroxylation is 2. The molecule has 35 heavy (non-hydrogen) atoms. The van der Waals surface area contributed by atoms with Crippen molar-refractivity contribution < 1.29 is 19.1 Å². The van der Waals surface area contributed by atoms with E-state index < -0.39 is 5.92 Å². The summed E-state index contributed by atoms with van der Waals surface area (Å²) in [5.41, 5.74) is 4.66. The van der Waals surface area contributed by atoms with Gasteiger partial charge in [-0.05, 0) is 61.4 Å². The second-order valence-corrected chi connectivity index (χ2v) is 8.81. The number of nitrogens with one attached hydrogen (secondary N) is 2. The van der Waals surface area contributed by atoms with E-state index in [0.29, 0.717) is 24.5 Å². The Kier molecular flexibility index (Phi) is 7.45. The molecule has 3 amide bonds. The van der Waals surface area contributed by atoms with Gasteiger partial charge in [-0.2, -0.15) is 0 Å². The predicted octanol–water partition coefficient (Wildman–Crippen LogP) is 3.99. The maximum atomic E-state index is 12.6. The van der Waals surface area contributed by atoms with E-state index in [2.05, 4.69) is 10.6 Å². The summed E-state index contributed by atoms with van der Waals surface area (Å²) in [5, 5.41) is 5.73. The first-order valence-corrected chi connectivity index (χ1v) is 11.6. The molecule has 1 aliphatic rings. The largest absolute Gasteiger partial charge is 0.484 e. The lowest BCUT2D eigenvalue weighted by Gasteiger charge is -2.17. The van der Waals surface area contributed by atoms with E-state index in [0.717, 1.165) is 16.8 Å². The molecule has 1 fully saturated rings. The van der Waals surface area contributed by atoms with Crippen molar-refractivity contribution in [2.45, 2.75) is 26.8 Å². The Morgan fingerprint density at radius 1 is 0.971 bits per heavy atom. The molecule has 0 spiro atoms. The number of nitrogens with zero attached hydrogens (tertiary/aromatic N) is 1. The number of anilines is 2. The summed E-state index contributed by atoms with van der Waals surface area (Å²) >= 11 is 0. The first-order chi connectivity index (χ1) is 16.9. The summed E-state index contributed by atoms with van der Waals surface area (Å²) in [5.74, 6) is -0.344. The Bertz CT molecular complexity index is 1210. The number of ether oxygens (including phenoxy) is 1. The highest BCUT2D eigenvalue weighted by molar-refractivity contribution is 6.00. The van der Waals surface area contributed by atoms with Crippen molar-refractivity contribution in [1.29, 1.82) is 0 Å². The number of carbonyl (C=O) groups is 3. The highest BCUT2D eigenvalue weighted by Gasteiger charge is 2.35. The molecule has 0 saturated carbocycles. The molecule has 2 N–H and O–H groups in total. The fourth-order valence-corrected chi connectivity index (χ4v) is 3.96. The van der Waals surface area contributed by atoms with Crippen LogP contribution in [0.1, 0.15) is 23.1 Å². The molecule has 0 bridgehead atoms. The third-order valence-corrected chi connectivity index (χ3v) is 5.90. The highest BCUT2D eigenvalue weighted by Crippen LogP contribution is 2.27. The second-order valence-electron chi connectivity index (χ2n) is 8.81. The maximum Gasteiger partial charge on any atom is 0.262 e. The Hall–Kier alpha value is -4.13. The molecule has 0 aromatic heterocycles. The topological polar surface area (TPSA) is 87.7 Å². The number of carbonyl (C=O) groups excluding carboxylic acids is 3. The van der Waals surface area contributed by atoms with Gasteiger partial charge in [0.2, 0.25) is 11.8 Å². The van der Waals surface area contributed by atoms with Crippen LogP contribution in [0.4, 0.5) is 11.4 Å². The standard InChI is InChI=1S/C28H29N3O4/c1-19-6-8-21(9-7-19)16-29-28(34)22-15-27(33)31(17-22)24-10-12-25(13-11-24)35-18-26(32)30-23-5-3-4-20(2)14-23/h3-14,22H,15-18H2,1-2H3,(H,29,34)(H,30,32)/t22-/m1/s1. The van der Waals surface area contributed by atoms with Crippen molar-refractivity contribution in [2.75, 3.05) is 23.4 Å². The monoisotopic (exact) mass is 471 g/mol. The molecule has 0 unspecified atom stereocenters. The van der Waals surface area contributed by atoms with E-state index in [1.165, 1.54) is 5.56 Å². The van der Waals surface area contributed by atoms with Gasteiger partial charge in [0, 0.05) is 30.9 Å². The van der Waals surface area contributed by atoms with Crippen molar-refractivity contribution in [3.63, 3.8) is 0 Å². The van der Waals surface area contributed by atoms with Gasteiger partial charge in [0.05, 0.1) is 5.92 Å². The van der Waals surface area contributed by atoms with Gasteiger partial charge in [-0.3, -0.25) is 14.4 Å². The summed E-state index contributed by atoms with van der Waals surface area (Å²) in [4.78, 5) is 38.9. The smallest absolute Gasteiger partial charge is 0.262 e. The van der Waals surface area contributed by atoms with E-state index in [9.17, 15) is 14.4 Å². The molecule has 4 rings (SSSR count). The lowest BCUT2D eigenvalue weighted by molar-refractivity contribution is -0.126. The first kappa shape index (κ1) is 24.0. The molecule has 0 aliphatic carbocycles. The van der Waals surface area contributed by atoms with Gasteiger partial charge in [-0.25, -0.2) is 0 Å². The third-order valence-electron chi connectivity index (χ3n) is 5.90. The average Bonchev–Trinajstić information content (AvgIpc) is 3.24. The van der Waals surface area contributed by atoms with Gasteiger partial charge in [-0.1, -0.05) is 42.0 Å². The Morgan fingerprint density at radius 3 is 2.43 bits per heavy atom. The minimum Gasteiger partial charge on any atom is -0.484 e. The summed E-state index contributed by atoms with van der Waals surface area (Å²) in [6.07, 6.45) is 0.178. The molecule has 180 valence electrons. The number of hydrogen-bond acceptors (Lipinski definition) is 4. The van der Waals surface area contributed by atoms with Crippen LogP contribution in [-0.4, -0.2) is 30.9 Å². The zero-order valence-electron chi connectivity index (χ0n) is 19.9. The van der Waals surface area contributed by atoms with E-state index in [1.54, 1.807) is 29.2 Å². The fraction of sp³-hybridized carbons (Fsp3) is 0.250. The van der Waals surface area contributed by atoms with Crippen LogP contribution in [0.2, 0.25) is 0 Å². The van der Waals surface area contributed by atoms with Crippen LogP contribution < -0.4 is 20.3 Å². The molecule has 7 nitrogen and oxygen atoms in total. The zero-order valence-corrected chi connectivity index (χ0v) is 19.9. The molecule has 3 aromatic carbocycles. The highest BCUT2D eigenvalue weighted by atomic mass is 16.5. The van der Waals surface area contributed by atoms with E-state index in [1.807, 2.05) is 62.4 Å². The van der Waals surface area contributed by atoms with Crippen molar-refractivity contribution >= 4 is 29.1 Å². The molecular weight excluding hydrogens is 442 g/mol. The molecule has 1 heterocycles. The molecular formula is C28H29N3O4. The van der Waals surface area contributed by atoms with Crippen LogP contribution in [0.15, 0.2) is 72.8 Å². The van der Waals surface area contributed by atoms with Crippen LogP contribution in [0, 0.1) is 19.8 Å². The second kappa shape index (κ2) is 10.9. The summed E-state index contributed by atoms with van der Waals surface area (Å²) < 4.78 is 5.58. The Balaban J connectivity index is 1.26.